The van der Waals surface area contributed by atoms with Crippen molar-refractivity contribution in [3.63, 3.8) is 0 Å². The Hall–Kier alpha value is -1.88. The highest BCUT2D eigenvalue weighted by Gasteiger charge is 2.11. The molecule has 5 nitrogen and oxygen atoms in total. The molecule has 0 aliphatic heterocycles. The van der Waals surface area contributed by atoms with Crippen molar-refractivity contribution in [3.8, 4) is 0 Å². The summed E-state index contributed by atoms with van der Waals surface area (Å²) in [6.45, 7) is 2.49. The van der Waals surface area contributed by atoms with Crippen LogP contribution in [0, 0.1) is 0 Å². The van der Waals surface area contributed by atoms with Crippen molar-refractivity contribution in [1.82, 2.24) is 4.98 Å². The molecule has 0 saturated carbocycles. The first kappa shape index (κ1) is 11.6. The molecule has 2 aromatic heterocycles. The smallest absolute Gasteiger partial charge is 0.339 e. The van der Waals surface area contributed by atoms with Gasteiger partial charge in [-0.05, 0) is 19.1 Å². The predicted octanol–water partition coefficient (Wildman–Crippen LogP) is 2.15. The molecular formula is C12H13NO4. The first-order valence-electron chi connectivity index (χ1n) is 5.29. The maximum absolute atomic E-state index is 11.5. The number of hydrogen-bond donors (Lipinski definition) is 0. The van der Waals surface area contributed by atoms with Crippen LogP contribution in [0.3, 0.4) is 0 Å². The molecule has 0 aliphatic rings. The number of pyridine rings is 1. The van der Waals surface area contributed by atoms with E-state index in [2.05, 4.69) is 4.98 Å². The first-order chi connectivity index (χ1) is 8.24. The van der Waals surface area contributed by atoms with Gasteiger partial charge in [-0.15, -0.1) is 0 Å². The highest BCUT2D eigenvalue weighted by Crippen LogP contribution is 2.19. The second kappa shape index (κ2) is 4.97. The Morgan fingerprint density at radius 3 is 3.00 bits per heavy atom. The van der Waals surface area contributed by atoms with Gasteiger partial charge in [0.05, 0.1) is 12.2 Å². The minimum absolute atomic E-state index is 0.344. The van der Waals surface area contributed by atoms with E-state index in [0.29, 0.717) is 30.3 Å². The number of methoxy groups -OCH3 is 1. The summed E-state index contributed by atoms with van der Waals surface area (Å²) in [6, 6.07) is 3.50. The third-order valence-corrected chi connectivity index (χ3v) is 2.22. The fraction of sp³-hybridized carbons (Fsp3) is 0.333. The van der Waals surface area contributed by atoms with Gasteiger partial charge in [-0.3, -0.25) is 0 Å². The second-order valence-electron chi connectivity index (χ2n) is 3.48. The molecule has 2 rings (SSSR count). The Morgan fingerprint density at radius 2 is 2.29 bits per heavy atom. The minimum Gasteiger partial charge on any atom is -0.462 e. The summed E-state index contributed by atoms with van der Waals surface area (Å²) in [6.07, 6.45) is 1.44. The molecule has 17 heavy (non-hydrogen) atoms. The average Bonchev–Trinajstić information content (AvgIpc) is 2.71. The molecule has 0 radical (unpaired) electrons. The number of aromatic nitrogens is 1. The molecule has 0 fully saturated rings. The Kier molecular flexibility index (Phi) is 3.39. The van der Waals surface area contributed by atoms with E-state index in [1.165, 1.54) is 6.20 Å². The van der Waals surface area contributed by atoms with Gasteiger partial charge in [0.2, 0.25) is 5.71 Å². The van der Waals surface area contributed by atoms with Gasteiger partial charge in [0.15, 0.2) is 0 Å². The molecule has 0 aliphatic carbocycles. The van der Waals surface area contributed by atoms with E-state index in [1.807, 2.05) is 0 Å². The average molecular weight is 235 g/mol. The lowest BCUT2D eigenvalue weighted by Gasteiger charge is -1.99. The molecule has 2 heterocycles. The van der Waals surface area contributed by atoms with Crippen LogP contribution in [0.25, 0.3) is 11.1 Å². The third kappa shape index (κ3) is 2.45. The Bertz CT molecular complexity index is 532. The molecule has 0 aromatic carbocycles. The SMILES string of the molecule is CCOC(=O)c1cnc2oc(COC)cc2c1. The summed E-state index contributed by atoms with van der Waals surface area (Å²) in [5.41, 5.74) is 0.911. The van der Waals surface area contributed by atoms with E-state index in [1.54, 1.807) is 26.2 Å². The summed E-state index contributed by atoms with van der Waals surface area (Å²) in [4.78, 5) is 15.6. The molecule has 0 bridgehead atoms. The number of ether oxygens (including phenoxy) is 2. The predicted molar refractivity (Wildman–Crippen MR) is 60.7 cm³/mol. The van der Waals surface area contributed by atoms with Crippen LogP contribution in [0.4, 0.5) is 0 Å². The standard InChI is InChI=1S/C12H13NO4/c1-3-16-12(14)9-4-8-5-10(7-15-2)17-11(8)13-6-9/h4-6H,3,7H2,1-2H3. The molecule has 0 unspecified atom stereocenters. The van der Waals surface area contributed by atoms with Gasteiger partial charge in [-0.1, -0.05) is 0 Å². The van der Waals surface area contributed by atoms with Gasteiger partial charge in [0, 0.05) is 18.7 Å². The monoisotopic (exact) mass is 235 g/mol. The number of carbonyl (C=O) groups is 1. The van der Waals surface area contributed by atoms with Gasteiger partial charge in [-0.25, -0.2) is 9.78 Å². The Morgan fingerprint density at radius 1 is 1.47 bits per heavy atom. The van der Waals surface area contributed by atoms with Crippen molar-refractivity contribution in [3.05, 3.63) is 29.7 Å². The van der Waals surface area contributed by atoms with Gasteiger partial charge < -0.3 is 13.9 Å². The molecular weight excluding hydrogens is 222 g/mol. The maximum atomic E-state index is 11.5. The van der Waals surface area contributed by atoms with Crippen LogP contribution in [0.5, 0.6) is 0 Å². The van der Waals surface area contributed by atoms with Gasteiger partial charge in [-0.2, -0.15) is 0 Å². The molecule has 90 valence electrons. The lowest BCUT2D eigenvalue weighted by atomic mass is 10.2. The lowest BCUT2D eigenvalue weighted by Crippen LogP contribution is -2.04. The van der Waals surface area contributed by atoms with Crippen LogP contribution in [-0.2, 0) is 16.1 Å². The number of esters is 1. The molecule has 0 amide bonds. The van der Waals surface area contributed by atoms with E-state index in [0.717, 1.165) is 5.39 Å². The van der Waals surface area contributed by atoms with E-state index in [4.69, 9.17) is 13.9 Å². The fourth-order valence-electron chi connectivity index (χ4n) is 1.52. The van der Waals surface area contributed by atoms with E-state index in [-0.39, 0.29) is 5.97 Å². The van der Waals surface area contributed by atoms with Crippen molar-refractivity contribution < 1.29 is 18.7 Å². The normalized spacial score (nSPS) is 10.7. The van der Waals surface area contributed by atoms with Crippen molar-refractivity contribution in [2.45, 2.75) is 13.5 Å². The largest absolute Gasteiger partial charge is 0.462 e. The van der Waals surface area contributed by atoms with Gasteiger partial charge in [0.25, 0.3) is 0 Å². The van der Waals surface area contributed by atoms with E-state index < -0.39 is 0 Å². The van der Waals surface area contributed by atoms with Crippen molar-refractivity contribution in [2.24, 2.45) is 0 Å². The summed E-state index contributed by atoms with van der Waals surface area (Å²) >= 11 is 0. The summed E-state index contributed by atoms with van der Waals surface area (Å²) in [7, 11) is 1.59. The fourth-order valence-corrected chi connectivity index (χ4v) is 1.52. The number of hydrogen-bond acceptors (Lipinski definition) is 5. The Balaban J connectivity index is 2.33. The highest BCUT2D eigenvalue weighted by molar-refractivity contribution is 5.92. The number of fused-ring (bicyclic) bond motifs is 1. The van der Waals surface area contributed by atoms with Gasteiger partial charge in [0.1, 0.15) is 12.4 Å². The van der Waals surface area contributed by atoms with Crippen LogP contribution >= 0.6 is 0 Å². The molecule has 0 saturated heterocycles. The van der Waals surface area contributed by atoms with E-state index in [9.17, 15) is 4.79 Å². The van der Waals surface area contributed by atoms with Gasteiger partial charge >= 0.3 is 5.97 Å². The third-order valence-electron chi connectivity index (χ3n) is 2.22. The molecule has 0 spiro atoms. The zero-order valence-corrected chi connectivity index (χ0v) is 9.73. The minimum atomic E-state index is -0.378. The van der Waals surface area contributed by atoms with E-state index >= 15 is 0 Å². The van der Waals surface area contributed by atoms with Crippen molar-refractivity contribution >= 4 is 17.1 Å². The van der Waals surface area contributed by atoms with Crippen LogP contribution < -0.4 is 0 Å². The number of carbonyl (C=O) groups excluding carboxylic acids is 1. The number of rotatable bonds is 4. The van der Waals surface area contributed by atoms with Crippen LogP contribution in [-0.4, -0.2) is 24.7 Å². The Labute approximate surface area is 98.3 Å². The van der Waals surface area contributed by atoms with Crippen LogP contribution in [0.15, 0.2) is 22.7 Å². The summed E-state index contributed by atoms with van der Waals surface area (Å²) in [5, 5.41) is 0.766. The molecule has 0 N–H and O–H groups in total. The summed E-state index contributed by atoms with van der Waals surface area (Å²) in [5.74, 6) is 0.299. The number of furan rings is 1. The summed E-state index contributed by atoms with van der Waals surface area (Å²) < 4.78 is 15.3. The quantitative estimate of drug-likeness (QED) is 0.760. The van der Waals surface area contributed by atoms with Crippen molar-refractivity contribution in [2.75, 3.05) is 13.7 Å². The molecule has 0 atom stereocenters. The number of nitrogens with zero attached hydrogens (tertiary/aromatic N) is 1. The van der Waals surface area contributed by atoms with Crippen molar-refractivity contribution in [1.29, 1.82) is 0 Å². The zero-order chi connectivity index (χ0) is 12.3. The topological polar surface area (TPSA) is 61.6 Å². The first-order valence-corrected chi connectivity index (χ1v) is 5.29. The second-order valence-corrected chi connectivity index (χ2v) is 3.48. The highest BCUT2D eigenvalue weighted by atomic mass is 16.5. The zero-order valence-electron chi connectivity index (χ0n) is 9.73. The van der Waals surface area contributed by atoms with Crippen LogP contribution in [0.2, 0.25) is 0 Å². The van der Waals surface area contributed by atoms with Crippen LogP contribution in [0.1, 0.15) is 23.0 Å². The molecule has 2 aromatic rings. The molecule has 5 heteroatoms. The maximum Gasteiger partial charge on any atom is 0.339 e. The lowest BCUT2D eigenvalue weighted by molar-refractivity contribution is 0.0526.